The van der Waals surface area contributed by atoms with E-state index in [0.717, 1.165) is 0 Å². The molecule has 0 saturated heterocycles. The maximum atomic E-state index is 12.9. The van der Waals surface area contributed by atoms with Gasteiger partial charge in [-0.3, -0.25) is 9.59 Å². The van der Waals surface area contributed by atoms with E-state index in [9.17, 15) is 14.7 Å². The van der Waals surface area contributed by atoms with E-state index in [0.29, 0.717) is 22.6 Å². The highest BCUT2D eigenvalue weighted by atomic mass is 16.5. The summed E-state index contributed by atoms with van der Waals surface area (Å²) < 4.78 is 5.08. The first kappa shape index (κ1) is 17.2. The predicted molar refractivity (Wildman–Crippen MR) is 94.9 cm³/mol. The van der Waals surface area contributed by atoms with Gasteiger partial charge in [0.05, 0.1) is 19.2 Å². The monoisotopic (exact) mass is 339 g/mol. The van der Waals surface area contributed by atoms with E-state index in [4.69, 9.17) is 4.74 Å². The summed E-state index contributed by atoms with van der Waals surface area (Å²) in [5.41, 5.74) is -0.261. The molecule has 1 amide bonds. The number of benzene rings is 2. The number of Topliss-reactive ketones (excluding diaryl/α,β-unsaturated/α-hetero) is 1. The van der Waals surface area contributed by atoms with Gasteiger partial charge in [-0.2, -0.15) is 0 Å². The fourth-order valence-electron chi connectivity index (χ4n) is 3.25. The molecule has 0 aliphatic carbocycles. The van der Waals surface area contributed by atoms with Crippen LogP contribution in [0.1, 0.15) is 36.2 Å². The molecule has 0 unspecified atom stereocenters. The van der Waals surface area contributed by atoms with Crippen molar-refractivity contribution >= 4 is 17.4 Å². The van der Waals surface area contributed by atoms with E-state index >= 15 is 0 Å². The number of anilines is 1. The summed E-state index contributed by atoms with van der Waals surface area (Å²) in [4.78, 5) is 27.1. The minimum Gasteiger partial charge on any atom is -0.497 e. The summed E-state index contributed by atoms with van der Waals surface area (Å²) in [6.07, 6.45) is -0.293. The Labute approximate surface area is 146 Å². The Morgan fingerprint density at radius 3 is 2.40 bits per heavy atom. The number of hydrogen-bond acceptors (Lipinski definition) is 4. The molecule has 2 aromatic carbocycles. The molecular formula is C20H21NO4. The van der Waals surface area contributed by atoms with E-state index in [1.54, 1.807) is 54.5 Å². The lowest BCUT2D eigenvalue weighted by Gasteiger charge is -2.25. The summed E-state index contributed by atoms with van der Waals surface area (Å²) in [7, 11) is 1.55. The third-order valence-corrected chi connectivity index (χ3v) is 4.53. The topological polar surface area (TPSA) is 66.8 Å². The normalized spacial score (nSPS) is 19.2. The van der Waals surface area contributed by atoms with Crippen LogP contribution >= 0.6 is 0 Å². The van der Waals surface area contributed by atoms with Crippen LogP contribution in [0, 0.1) is 0 Å². The molecule has 2 aromatic rings. The molecule has 0 radical (unpaired) electrons. The first-order valence-electron chi connectivity index (χ1n) is 8.21. The Balaban J connectivity index is 1.95. The fourth-order valence-corrected chi connectivity index (χ4v) is 3.25. The zero-order valence-electron chi connectivity index (χ0n) is 14.5. The van der Waals surface area contributed by atoms with Gasteiger partial charge in [-0.1, -0.05) is 18.2 Å². The third-order valence-electron chi connectivity index (χ3n) is 4.53. The van der Waals surface area contributed by atoms with Crippen molar-refractivity contribution in [2.45, 2.75) is 31.9 Å². The first-order chi connectivity index (χ1) is 11.9. The first-order valence-corrected chi connectivity index (χ1v) is 8.21. The summed E-state index contributed by atoms with van der Waals surface area (Å²) in [5.74, 6) is -0.104. The molecule has 1 N–H and O–H groups in total. The van der Waals surface area contributed by atoms with Gasteiger partial charge in [0.25, 0.3) is 5.91 Å². The molecule has 1 aliphatic heterocycles. The van der Waals surface area contributed by atoms with Gasteiger partial charge in [-0.25, -0.2) is 0 Å². The molecule has 1 atom stereocenters. The molecule has 0 saturated carbocycles. The lowest BCUT2D eigenvalue weighted by Crippen LogP contribution is -2.44. The number of para-hydroxylation sites is 1. The molecule has 0 spiro atoms. The largest absolute Gasteiger partial charge is 0.497 e. The number of carbonyl (C=O) groups is 2. The Morgan fingerprint density at radius 1 is 1.16 bits per heavy atom. The van der Waals surface area contributed by atoms with Crippen LogP contribution in [0.15, 0.2) is 48.5 Å². The summed E-state index contributed by atoms with van der Waals surface area (Å²) in [6.45, 7) is 3.76. The van der Waals surface area contributed by atoms with Gasteiger partial charge in [-0.15, -0.1) is 0 Å². The average molecular weight is 339 g/mol. The number of ketones is 1. The second-order valence-corrected chi connectivity index (χ2v) is 6.47. The molecule has 25 heavy (non-hydrogen) atoms. The van der Waals surface area contributed by atoms with E-state index < -0.39 is 11.5 Å². The van der Waals surface area contributed by atoms with Crippen molar-refractivity contribution in [1.82, 2.24) is 0 Å². The van der Waals surface area contributed by atoms with Crippen molar-refractivity contribution in [1.29, 1.82) is 0 Å². The number of aliphatic hydroxyl groups is 1. The highest BCUT2D eigenvalue weighted by Crippen LogP contribution is 2.43. The number of methoxy groups -OCH3 is 1. The highest BCUT2D eigenvalue weighted by Gasteiger charge is 2.51. The number of amides is 1. The zero-order chi connectivity index (χ0) is 18.2. The Hall–Kier alpha value is -2.66. The predicted octanol–water partition coefficient (Wildman–Crippen LogP) is 2.91. The van der Waals surface area contributed by atoms with Gasteiger partial charge in [0, 0.05) is 17.2 Å². The van der Waals surface area contributed by atoms with E-state index in [2.05, 4.69) is 0 Å². The van der Waals surface area contributed by atoms with Crippen LogP contribution < -0.4 is 9.64 Å². The van der Waals surface area contributed by atoms with Crippen molar-refractivity contribution in [2.75, 3.05) is 12.0 Å². The second-order valence-electron chi connectivity index (χ2n) is 6.47. The molecule has 1 heterocycles. The maximum Gasteiger partial charge on any atom is 0.264 e. The van der Waals surface area contributed by atoms with Crippen molar-refractivity contribution in [3.63, 3.8) is 0 Å². The SMILES string of the molecule is COc1ccc(C(=O)C[C@]2(O)C(=O)N(C(C)C)c3ccccc32)cc1. The number of carbonyl (C=O) groups excluding carboxylic acids is 2. The highest BCUT2D eigenvalue weighted by molar-refractivity contribution is 6.11. The molecular weight excluding hydrogens is 318 g/mol. The van der Waals surface area contributed by atoms with E-state index in [1.165, 1.54) is 0 Å². The molecule has 1 aliphatic rings. The van der Waals surface area contributed by atoms with Gasteiger partial charge < -0.3 is 14.7 Å². The van der Waals surface area contributed by atoms with Crippen molar-refractivity contribution in [2.24, 2.45) is 0 Å². The Morgan fingerprint density at radius 2 is 1.80 bits per heavy atom. The van der Waals surface area contributed by atoms with E-state index in [-0.39, 0.29) is 18.2 Å². The number of ether oxygens (including phenoxy) is 1. The van der Waals surface area contributed by atoms with Crippen molar-refractivity contribution in [3.05, 3.63) is 59.7 Å². The molecule has 5 nitrogen and oxygen atoms in total. The number of rotatable bonds is 5. The third kappa shape index (κ3) is 2.81. The number of hydrogen-bond donors (Lipinski definition) is 1. The van der Waals surface area contributed by atoms with Gasteiger partial charge >= 0.3 is 0 Å². The van der Waals surface area contributed by atoms with Crippen LogP contribution in [-0.2, 0) is 10.4 Å². The van der Waals surface area contributed by atoms with Gasteiger partial charge in [-0.05, 0) is 44.2 Å². The van der Waals surface area contributed by atoms with Crippen LogP contribution in [0.25, 0.3) is 0 Å². The minimum atomic E-state index is -1.84. The van der Waals surface area contributed by atoms with Crippen molar-refractivity contribution < 1.29 is 19.4 Å². The quantitative estimate of drug-likeness (QED) is 0.851. The van der Waals surface area contributed by atoms with E-state index in [1.807, 2.05) is 19.9 Å². The molecule has 0 aromatic heterocycles. The number of nitrogens with zero attached hydrogens (tertiary/aromatic N) is 1. The smallest absolute Gasteiger partial charge is 0.264 e. The standard InChI is InChI=1S/C20H21NO4/c1-13(2)21-17-7-5-4-6-16(17)20(24,19(21)23)12-18(22)14-8-10-15(25-3)11-9-14/h4-11,13,24H,12H2,1-3H3/t20-/m1/s1. The molecule has 130 valence electrons. The van der Waals surface area contributed by atoms with Crippen molar-refractivity contribution in [3.8, 4) is 5.75 Å². The van der Waals surface area contributed by atoms with Crippen LogP contribution in [0.3, 0.4) is 0 Å². The summed E-state index contributed by atoms with van der Waals surface area (Å²) in [6, 6.07) is 13.6. The maximum absolute atomic E-state index is 12.9. The van der Waals surface area contributed by atoms with Gasteiger partial charge in [0.1, 0.15) is 5.75 Å². The van der Waals surface area contributed by atoms with Crippen LogP contribution in [-0.4, -0.2) is 29.9 Å². The summed E-state index contributed by atoms with van der Waals surface area (Å²) >= 11 is 0. The lowest BCUT2D eigenvalue weighted by molar-refractivity contribution is -0.136. The van der Waals surface area contributed by atoms with Gasteiger partial charge in [0.2, 0.25) is 0 Å². The van der Waals surface area contributed by atoms with Crippen LogP contribution in [0.4, 0.5) is 5.69 Å². The number of fused-ring (bicyclic) bond motifs is 1. The zero-order valence-corrected chi connectivity index (χ0v) is 14.5. The molecule has 0 fully saturated rings. The average Bonchev–Trinajstić information content (AvgIpc) is 2.83. The molecule has 5 heteroatoms. The minimum absolute atomic E-state index is 0.112. The Bertz CT molecular complexity index is 813. The second kappa shape index (κ2) is 6.33. The molecule has 3 rings (SSSR count). The molecule has 0 bridgehead atoms. The van der Waals surface area contributed by atoms with Crippen LogP contribution in [0.5, 0.6) is 5.75 Å². The van der Waals surface area contributed by atoms with Gasteiger partial charge in [0.15, 0.2) is 11.4 Å². The van der Waals surface area contributed by atoms with Crippen LogP contribution in [0.2, 0.25) is 0 Å². The summed E-state index contributed by atoms with van der Waals surface area (Å²) in [5, 5.41) is 11.1. The lowest BCUT2D eigenvalue weighted by atomic mass is 9.88. The Kier molecular flexibility index (Phi) is 4.35. The fraction of sp³-hybridized carbons (Fsp3) is 0.300.